The van der Waals surface area contributed by atoms with Gasteiger partial charge in [0.15, 0.2) is 5.96 Å². The Morgan fingerprint density at radius 3 is 2.38 bits per heavy atom. The molecule has 1 amide bonds. The summed E-state index contributed by atoms with van der Waals surface area (Å²) in [6, 6.07) is 0. The molecular weight excluding hydrogens is 445 g/mol. The van der Waals surface area contributed by atoms with E-state index in [2.05, 4.69) is 22.0 Å². The zero-order valence-corrected chi connectivity index (χ0v) is 18.3. The van der Waals surface area contributed by atoms with Gasteiger partial charge in [0.25, 0.3) is 0 Å². The third-order valence-corrected chi connectivity index (χ3v) is 5.23. The molecule has 7 nitrogen and oxygen atoms in total. The van der Waals surface area contributed by atoms with Gasteiger partial charge in [0.05, 0.1) is 19.8 Å². The molecule has 2 saturated heterocycles. The summed E-state index contributed by atoms with van der Waals surface area (Å²) in [5, 5.41) is 3.42. The summed E-state index contributed by atoms with van der Waals surface area (Å²) in [7, 11) is 0. The van der Waals surface area contributed by atoms with Crippen molar-refractivity contribution in [1.29, 1.82) is 0 Å². The van der Waals surface area contributed by atoms with E-state index in [1.807, 2.05) is 4.90 Å². The highest BCUT2D eigenvalue weighted by Crippen LogP contribution is 2.32. The first-order valence-corrected chi connectivity index (χ1v) is 9.87. The molecule has 2 heterocycles. The number of carbonyl (C=O) groups excluding carboxylic acids is 1. The quantitative estimate of drug-likeness (QED) is 0.348. The van der Waals surface area contributed by atoms with Crippen LogP contribution in [0.2, 0.25) is 0 Å². The average Bonchev–Trinajstić information content (AvgIpc) is 3.47. The van der Waals surface area contributed by atoms with Crippen LogP contribution < -0.4 is 5.32 Å². The maximum atomic E-state index is 12.4. The first-order chi connectivity index (χ1) is 12.3. The molecule has 0 aromatic heterocycles. The number of hydrogen-bond donors (Lipinski definition) is 1. The second kappa shape index (κ2) is 11.3. The molecule has 1 N–H and O–H groups in total. The van der Waals surface area contributed by atoms with Gasteiger partial charge in [0, 0.05) is 52.4 Å². The van der Waals surface area contributed by atoms with Crippen molar-refractivity contribution < 1.29 is 9.53 Å². The fourth-order valence-corrected chi connectivity index (χ4v) is 3.41. The van der Waals surface area contributed by atoms with Crippen LogP contribution in [-0.4, -0.2) is 98.7 Å². The van der Waals surface area contributed by atoms with Crippen molar-refractivity contribution in [3.63, 3.8) is 0 Å². The van der Waals surface area contributed by atoms with Crippen molar-refractivity contribution in [1.82, 2.24) is 20.0 Å². The molecule has 0 unspecified atom stereocenters. The molecule has 0 aromatic rings. The molecule has 0 radical (unpaired) electrons. The van der Waals surface area contributed by atoms with Crippen molar-refractivity contribution in [2.45, 2.75) is 26.2 Å². The number of rotatable bonds is 6. The van der Waals surface area contributed by atoms with Crippen LogP contribution in [-0.2, 0) is 9.53 Å². The summed E-state index contributed by atoms with van der Waals surface area (Å²) in [4.78, 5) is 23.7. The largest absolute Gasteiger partial charge is 0.378 e. The van der Waals surface area contributed by atoms with Gasteiger partial charge < -0.3 is 19.9 Å². The minimum Gasteiger partial charge on any atom is -0.378 e. The minimum atomic E-state index is 0. The lowest BCUT2D eigenvalue weighted by atomic mass is 10.3. The van der Waals surface area contributed by atoms with Gasteiger partial charge in [-0.25, -0.2) is 0 Å². The second-order valence-corrected chi connectivity index (χ2v) is 7.22. The van der Waals surface area contributed by atoms with E-state index < -0.39 is 0 Å². The Hall–Kier alpha value is -0.610. The van der Waals surface area contributed by atoms with E-state index in [1.165, 1.54) is 19.3 Å². The molecule has 150 valence electrons. The van der Waals surface area contributed by atoms with Crippen molar-refractivity contribution >= 4 is 35.8 Å². The van der Waals surface area contributed by atoms with E-state index in [0.29, 0.717) is 19.8 Å². The Bertz CT molecular complexity index is 458. The third kappa shape index (κ3) is 6.84. The van der Waals surface area contributed by atoms with Crippen LogP contribution >= 0.6 is 24.0 Å². The minimum absolute atomic E-state index is 0. The third-order valence-electron chi connectivity index (χ3n) is 5.23. The number of carbonyl (C=O) groups is 1. The number of nitrogens with zero attached hydrogens (tertiary/aromatic N) is 4. The maximum Gasteiger partial charge on any atom is 0.236 e. The Labute approximate surface area is 174 Å². The lowest BCUT2D eigenvalue weighted by molar-refractivity contribution is -0.136. The van der Waals surface area contributed by atoms with Crippen molar-refractivity contribution in [2.75, 3.05) is 72.1 Å². The van der Waals surface area contributed by atoms with Crippen LogP contribution in [0.4, 0.5) is 0 Å². The SMILES string of the molecule is CCNC(=NCCC1CC1)N1CCN(CC(=O)N2CCOCC2)CC1.I. The lowest BCUT2D eigenvalue weighted by Gasteiger charge is -2.37. The van der Waals surface area contributed by atoms with E-state index >= 15 is 0 Å². The monoisotopic (exact) mass is 479 g/mol. The van der Waals surface area contributed by atoms with Crippen molar-refractivity contribution in [2.24, 2.45) is 10.9 Å². The Morgan fingerprint density at radius 1 is 1.08 bits per heavy atom. The number of morpholine rings is 1. The normalized spacial score (nSPS) is 22.1. The van der Waals surface area contributed by atoms with E-state index in [-0.39, 0.29) is 29.9 Å². The van der Waals surface area contributed by atoms with Gasteiger partial charge >= 0.3 is 0 Å². The highest BCUT2D eigenvalue weighted by atomic mass is 127. The van der Waals surface area contributed by atoms with E-state index in [9.17, 15) is 4.79 Å². The number of ether oxygens (including phenoxy) is 1. The molecule has 2 aliphatic heterocycles. The zero-order valence-electron chi connectivity index (χ0n) is 16.0. The van der Waals surface area contributed by atoms with E-state index in [4.69, 9.17) is 9.73 Å². The molecule has 1 saturated carbocycles. The molecule has 26 heavy (non-hydrogen) atoms. The fourth-order valence-electron chi connectivity index (χ4n) is 3.41. The van der Waals surface area contributed by atoms with Gasteiger partial charge in [-0.3, -0.25) is 14.7 Å². The summed E-state index contributed by atoms with van der Waals surface area (Å²) in [6.45, 7) is 11.0. The predicted octanol–water partition coefficient (Wildman–Crippen LogP) is 0.846. The van der Waals surface area contributed by atoms with Crippen LogP contribution in [0.15, 0.2) is 4.99 Å². The summed E-state index contributed by atoms with van der Waals surface area (Å²) >= 11 is 0. The van der Waals surface area contributed by atoms with Crippen LogP contribution in [0.3, 0.4) is 0 Å². The van der Waals surface area contributed by atoms with E-state index in [0.717, 1.165) is 64.2 Å². The standard InChI is InChI=1S/C18H33N5O2.HI/c1-2-19-18(20-6-5-16-3-4-16)23-9-7-21(8-10-23)15-17(24)22-11-13-25-14-12-22;/h16H,2-15H2,1H3,(H,19,20);1H. The molecule has 0 aromatic carbocycles. The van der Waals surface area contributed by atoms with Crippen LogP contribution in [0.1, 0.15) is 26.2 Å². The number of nitrogens with one attached hydrogen (secondary N) is 1. The van der Waals surface area contributed by atoms with Gasteiger partial charge in [-0.1, -0.05) is 12.8 Å². The van der Waals surface area contributed by atoms with Crippen LogP contribution in [0.5, 0.6) is 0 Å². The number of guanidine groups is 1. The highest BCUT2D eigenvalue weighted by Gasteiger charge is 2.24. The first kappa shape index (κ1) is 21.7. The number of aliphatic imine (C=N–C) groups is 1. The fraction of sp³-hybridized carbons (Fsp3) is 0.889. The van der Waals surface area contributed by atoms with Gasteiger partial charge in [-0.15, -0.1) is 24.0 Å². The molecule has 0 bridgehead atoms. The Balaban J connectivity index is 0.00000243. The molecule has 3 aliphatic rings. The van der Waals surface area contributed by atoms with Gasteiger partial charge in [-0.05, 0) is 19.3 Å². The second-order valence-electron chi connectivity index (χ2n) is 7.22. The number of piperazine rings is 1. The molecule has 1 aliphatic carbocycles. The molecule has 0 atom stereocenters. The zero-order chi connectivity index (χ0) is 17.5. The average molecular weight is 479 g/mol. The van der Waals surface area contributed by atoms with E-state index in [1.54, 1.807) is 0 Å². The molecular formula is C18H34IN5O2. The van der Waals surface area contributed by atoms with Crippen LogP contribution in [0, 0.1) is 5.92 Å². The topological polar surface area (TPSA) is 60.4 Å². The molecule has 8 heteroatoms. The summed E-state index contributed by atoms with van der Waals surface area (Å²) in [5.74, 6) is 2.21. The van der Waals surface area contributed by atoms with Crippen molar-refractivity contribution in [3.8, 4) is 0 Å². The first-order valence-electron chi connectivity index (χ1n) is 9.87. The Kier molecular flexibility index (Phi) is 9.41. The van der Waals surface area contributed by atoms with Crippen LogP contribution in [0.25, 0.3) is 0 Å². The van der Waals surface area contributed by atoms with Gasteiger partial charge in [0.1, 0.15) is 0 Å². The number of amides is 1. The van der Waals surface area contributed by atoms with Crippen molar-refractivity contribution in [3.05, 3.63) is 0 Å². The maximum absolute atomic E-state index is 12.4. The number of hydrogen-bond acceptors (Lipinski definition) is 4. The summed E-state index contributed by atoms with van der Waals surface area (Å²) in [5.41, 5.74) is 0. The highest BCUT2D eigenvalue weighted by molar-refractivity contribution is 14.0. The smallest absolute Gasteiger partial charge is 0.236 e. The lowest BCUT2D eigenvalue weighted by Crippen LogP contribution is -2.54. The predicted molar refractivity (Wildman–Crippen MR) is 114 cm³/mol. The molecule has 3 fully saturated rings. The molecule has 0 spiro atoms. The summed E-state index contributed by atoms with van der Waals surface area (Å²) < 4.78 is 5.32. The van der Waals surface area contributed by atoms with Gasteiger partial charge in [0.2, 0.25) is 5.91 Å². The Morgan fingerprint density at radius 2 is 1.77 bits per heavy atom. The summed E-state index contributed by atoms with van der Waals surface area (Å²) in [6.07, 6.45) is 4.01. The van der Waals surface area contributed by atoms with Gasteiger partial charge in [-0.2, -0.15) is 0 Å². The molecule has 3 rings (SSSR count). The number of halogens is 1.